The predicted octanol–water partition coefficient (Wildman–Crippen LogP) is 2.84. The number of hydrogen-bond donors (Lipinski definition) is 2. The molecule has 0 aliphatic rings. The Bertz CT molecular complexity index is 601. The molecule has 0 fully saturated rings. The molecule has 0 radical (unpaired) electrons. The molecule has 4 nitrogen and oxygen atoms in total. The summed E-state index contributed by atoms with van der Waals surface area (Å²) in [6.45, 7) is 2.07. The number of benzene rings is 1. The molecule has 21 heavy (non-hydrogen) atoms. The van der Waals surface area contributed by atoms with Gasteiger partial charge in [-0.1, -0.05) is 37.3 Å². The van der Waals surface area contributed by atoms with Crippen LogP contribution < -0.4 is 10.6 Å². The van der Waals surface area contributed by atoms with E-state index in [1.165, 1.54) is 6.20 Å². The molecule has 0 saturated heterocycles. The van der Waals surface area contributed by atoms with Crippen molar-refractivity contribution in [2.24, 2.45) is 0 Å². The molecule has 1 aromatic heterocycles. The van der Waals surface area contributed by atoms with Crippen molar-refractivity contribution >= 4 is 23.2 Å². The first-order valence-corrected chi connectivity index (χ1v) is 7.18. The molecule has 1 atom stereocenters. The molecule has 0 aliphatic carbocycles. The van der Waals surface area contributed by atoms with Crippen molar-refractivity contribution in [3.8, 4) is 0 Å². The zero-order valence-electron chi connectivity index (χ0n) is 11.7. The van der Waals surface area contributed by atoms with E-state index >= 15 is 0 Å². The highest BCUT2D eigenvalue weighted by molar-refractivity contribution is 7.80. The Morgan fingerprint density at radius 3 is 2.62 bits per heavy atom. The standard InChI is InChI=1S/C16H17N3OS/c1-2-14(12-7-4-3-5-8-12)18-16(21)19-15(20)13-9-6-10-17-11-13/h3-11,14H,2H2,1H3,(H2,18,19,20,21)/t14-/m0/s1. The zero-order chi connectivity index (χ0) is 15.1. The number of aromatic nitrogens is 1. The van der Waals surface area contributed by atoms with Crippen LogP contribution in [0.25, 0.3) is 0 Å². The fourth-order valence-electron chi connectivity index (χ4n) is 1.97. The molecule has 1 heterocycles. The van der Waals surface area contributed by atoms with E-state index in [1.54, 1.807) is 18.3 Å². The molecule has 1 amide bonds. The molecule has 2 rings (SSSR count). The smallest absolute Gasteiger partial charge is 0.258 e. The summed E-state index contributed by atoms with van der Waals surface area (Å²) in [7, 11) is 0. The van der Waals surface area contributed by atoms with Gasteiger partial charge in [0.2, 0.25) is 0 Å². The minimum atomic E-state index is -0.261. The summed E-state index contributed by atoms with van der Waals surface area (Å²) in [4.78, 5) is 15.9. The van der Waals surface area contributed by atoms with Crippen LogP contribution in [-0.2, 0) is 0 Å². The van der Waals surface area contributed by atoms with Gasteiger partial charge in [0, 0.05) is 12.4 Å². The maximum atomic E-state index is 12.0. The summed E-state index contributed by atoms with van der Waals surface area (Å²) in [5.41, 5.74) is 1.62. The number of hydrogen-bond acceptors (Lipinski definition) is 3. The van der Waals surface area contributed by atoms with E-state index in [2.05, 4.69) is 22.5 Å². The van der Waals surface area contributed by atoms with Gasteiger partial charge in [-0.25, -0.2) is 0 Å². The summed E-state index contributed by atoms with van der Waals surface area (Å²) in [5.74, 6) is -0.261. The van der Waals surface area contributed by atoms with Crippen LogP contribution >= 0.6 is 12.2 Å². The summed E-state index contributed by atoms with van der Waals surface area (Å²) < 4.78 is 0. The lowest BCUT2D eigenvalue weighted by Gasteiger charge is -2.19. The second-order valence-corrected chi connectivity index (χ2v) is 4.95. The summed E-state index contributed by atoms with van der Waals surface area (Å²) in [6, 6.07) is 13.5. The average Bonchev–Trinajstić information content (AvgIpc) is 2.54. The van der Waals surface area contributed by atoms with Crippen molar-refractivity contribution in [2.45, 2.75) is 19.4 Å². The third-order valence-corrected chi connectivity index (χ3v) is 3.29. The second kappa shape index (κ2) is 7.50. The van der Waals surface area contributed by atoms with E-state index in [9.17, 15) is 4.79 Å². The Morgan fingerprint density at radius 1 is 1.24 bits per heavy atom. The molecular weight excluding hydrogens is 282 g/mol. The quantitative estimate of drug-likeness (QED) is 0.852. The van der Waals surface area contributed by atoms with Crippen LogP contribution in [0.5, 0.6) is 0 Å². The number of thiocarbonyl (C=S) groups is 1. The zero-order valence-corrected chi connectivity index (χ0v) is 12.6. The summed E-state index contributed by atoms with van der Waals surface area (Å²) in [6.07, 6.45) is 4.00. The van der Waals surface area contributed by atoms with Gasteiger partial charge < -0.3 is 5.32 Å². The van der Waals surface area contributed by atoms with Gasteiger partial charge in [-0.3, -0.25) is 15.1 Å². The van der Waals surface area contributed by atoms with Crippen molar-refractivity contribution in [3.05, 3.63) is 66.0 Å². The maximum Gasteiger partial charge on any atom is 0.258 e. The van der Waals surface area contributed by atoms with E-state index in [-0.39, 0.29) is 11.9 Å². The number of carbonyl (C=O) groups excluding carboxylic acids is 1. The Morgan fingerprint density at radius 2 is 2.00 bits per heavy atom. The largest absolute Gasteiger partial charge is 0.356 e. The van der Waals surface area contributed by atoms with Crippen molar-refractivity contribution in [1.82, 2.24) is 15.6 Å². The van der Waals surface area contributed by atoms with Crippen LogP contribution in [0.2, 0.25) is 0 Å². The summed E-state index contributed by atoms with van der Waals surface area (Å²) >= 11 is 5.21. The summed E-state index contributed by atoms with van der Waals surface area (Å²) in [5, 5.41) is 6.15. The van der Waals surface area contributed by atoms with E-state index in [0.29, 0.717) is 10.7 Å². The highest BCUT2D eigenvalue weighted by Crippen LogP contribution is 2.15. The van der Waals surface area contributed by atoms with Crippen molar-refractivity contribution in [1.29, 1.82) is 0 Å². The number of carbonyl (C=O) groups is 1. The Labute approximate surface area is 129 Å². The molecular formula is C16H17N3OS. The Hall–Kier alpha value is -2.27. The van der Waals surface area contributed by atoms with Crippen LogP contribution in [0.15, 0.2) is 54.9 Å². The van der Waals surface area contributed by atoms with E-state index < -0.39 is 0 Å². The number of nitrogens with one attached hydrogen (secondary N) is 2. The van der Waals surface area contributed by atoms with E-state index in [1.807, 2.05) is 30.3 Å². The highest BCUT2D eigenvalue weighted by Gasteiger charge is 2.12. The minimum absolute atomic E-state index is 0.0768. The van der Waals surface area contributed by atoms with Gasteiger partial charge >= 0.3 is 0 Å². The number of pyridine rings is 1. The Balaban J connectivity index is 1.96. The Kier molecular flexibility index (Phi) is 5.40. The van der Waals surface area contributed by atoms with Crippen molar-refractivity contribution < 1.29 is 4.79 Å². The second-order valence-electron chi connectivity index (χ2n) is 4.54. The van der Waals surface area contributed by atoms with Gasteiger partial charge in [0.1, 0.15) is 0 Å². The van der Waals surface area contributed by atoms with Crippen LogP contribution in [0.4, 0.5) is 0 Å². The molecule has 1 aromatic carbocycles. The van der Waals surface area contributed by atoms with Crippen LogP contribution in [0.3, 0.4) is 0 Å². The first-order chi connectivity index (χ1) is 10.2. The SMILES string of the molecule is CC[C@H](NC(=S)NC(=O)c1cccnc1)c1ccccc1. The minimum Gasteiger partial charge on any atom is -0.356 e. The molecule has 0 bridgehead atoms. The fraction of sp³-hybridized carbons (Fsp3) is 0.188. The fourth-order valence-corrected chi connectivity index (χ4v) is 2.21. The molecule has 2 N–H and O–H groups in total. The third-order valence-electron chi connectivity index (χ3n) is 3.07. The number of nitrogens with zero attached hydrogens (tertiary/aromatic N) is 1. The topological polar surface area (TPSA) is 54.0 Å². The van der Waals surface area contributed by atoms with Gasteiger partial charge in [0.05, 0.1) is 11.6 Å². The van der Waals surface area contributed by atoms with Crippen LogP contribution in [0.1, 0.15) is 35.3 Å². The molecule has 0 aliphatic heterocycles. The molecule has 0 saturated carbocycles. The van der Waals surface area contributed by atoms with E-state index in [0.717, 1.165) is 12.0 Å². The normalized spacial score (nSPS) is 11.5. The van der Waals surface area contributed by atoms with E-state index in [4.69, 9.17) is 12.2 Å². The van der Waals surface area contributed by atoms with Gasteiger partial charge in [-0.15, -0.1) is 0 Å². The van der Waals surface area contributed by atoms with Crippen LogP contribution in [0, 0.1) is 0 Å². The van der Waals surface area contributed by atoms with Crippen molar-refractivity contribution in [2.75, 3.05) is 0 Å². The number of amides is 1. The maximum absolute atomic E-state index is 12.0. The van der Waals surface area contributed by atoms with Crippen LogP contribution in [-0.4, -0.2) is 16.0 Å². The first-order valence-electron chi connectivity index (χ1n) is 6.77. The number of rotatable bonds is 4. The lowest BCUT2D eigenvalue weighted by molar-refractivity contribution is 0.0976. The molecule has 0 spiro atoms. The predicted molar refractivity (Wildman–Crippen MR) is 86.9 cm³/mol. The highest BCUT2D eigenvalue weighted by atomic mass is 32.1. The lowest BCUT2D eigenvalue weighted by atomic mass is 10.1. The van der Waals surface area contributed by atoms with Gasteiger partial charge in [0.25, 0.3) is 5.91 Å². The first kappa shape index (κ1) is 15.1. The third kappa shape index (κ3) is 4.36. The van der Waals surface area contributed by atoms with Gasteiger partial charge in [0.15, 0.2) is 5.11 Å². The monoisotopic (exact) mass is 299 g/mol. The molecule has 0 unspecified atom stereocenters. The average molecular weight is 299 g/mol. The molecule has 5 heteroatoms. The van der Waals surface area contributed by atoms with Crippen molar-refractivity contribution in [3.63, 3.8) is 0 Å². The molecule has 108 valence electrons. The lowest BCUT2D eigenvalue weighted by Crippen LogP contribution is -2.40. The van der Waals surface area contributed by atoms with Gasteiger partial charge in [-0.05, 0) is 36.3 Å². The molecule has 2 aromatic rings. The van der Waals surface area contributed by atoms with Gasteiger partial charge in [-0.2, -0.15) is 0 Å².